The Morgan fingerprint density at radius 3 is 2.08 bits per heavy atom. The number of hydrogen-bond acceptors (Lipinski definition) is 10. The van der Waals surface area contributed by atoms with Crippen LogP contribution in [0.2, 0.25) is 0 Å². The zero-order valence-corrected chi connectivity index (χ0v) is 22.0. The topological polar surface area (TPSA) is 138 Å². The van der Waals surface area contributed by atoms with E-state index in [4.69, 9.17) is 35.8 Å². The van der Waals surface area contributed by atoms with Crippen LogP contribution in [0, 0.1) is 13.8 Å². The fraction of sp³-hybridized carbons (Fsp3) is 0.333. The van der Waals surface area contributed by atoms with E-state index in [0.29, 0.717) is 0 Å². The van der Waals surface area contributed by atoms with Gasteiger partial charge in [0, 0.05) is 18.0 Å². The predicted molar refractivity (Wildman–Crippen MR) is 138 cm³/mol. The van der Waals surface area contributed by atoms with Crippen LogP contribution in [0.5, 0.6) is 11.5 Å². The van der Waals surface area contributed by atoms with Gasteiger partial charge in [0.05, 0.1) is 6.61 Å². The molecule has 14 heteroatoms. The Morgan fingerprint density at radius 1 is 1.08 bits per heavy atom. The van der Waals surface area contributed by atoms with Crippen molar-refractivity contribution in [1.29, 1.82) is 0 Å². The summed E-state index contributed by atoms with van der Waals surface area (Å²) in [5.41, 5.74) is 3.60. The van der Waals surface area contributed by atoms with Crippen LogP contribution in [0.25, 0.3) is 0 Å². The second-order valence-corrected chi connectivity index (χ2v) is 11.6. The van der Waals surface area contributed by atoms with Gasteiger partial charge < -0.3 is 29.7 Å². The average molecular weight is 570 g/mol. The molecule has 2 aromatic carbocycles. The van der Waals surface area contributed by atoms with Crippen LogP contribution in [0.3, 0.4) is 0 Å². The zero-order valence-electron chi connectivity index (χ0n) is 20.3. The summed E-state index contributed by atoms with van der Waals surface area (Å²) in [5, 5.41) is 21.3. The zero-order chi connectivity index (χ0) is 27.7. The summed E-state index contributed by atoms with van der Waals surface area (Å²) in [5.74, 6) is 0.412. The molecular weight excluding hydrogens is 543 g/mol. The number of anilines is 1. The quantitative estimate of drug-likeness (QED) is 0.330. The molecule has 204 valence electrons. The van der Waals surface area contributed by atoms with Gasteiger partial charge in [0.25, 0.3) is 6.43 Å². The highest BCUT2D eigenvalue weighted by Crippen LogP contribution is 2.52. The number of alkyl halides is 2. The molecule has 4 rings (SSSR count). The summed E-state index contributed by atoms with van der Waals surface area (Å²) < 4.78 is 52.5. The number of halogens is 2. The molecule has 1 fully saturated rings. The highest BCUT2D eigenvalue weighted by molar-refractivity contribution is 8.07. The van der Waals surface area contributed by atoms with Gasteiger partial charge in [-0.1, -0.05) is 35.4 Å². The van der Waals surface area contributed by atoms with E-state index < -0.39 is 49.5 Å². The first-order chi connectivity index (χ1) is 17.9. The second kappa shape index (κ2) is 11.0. The van der Waals surface area contributed by atoms with Crippen molar-refractivity contribution in [1.82, 2.24) is 9.55 Å². The first-order valence-electron chi connectivity index (χ1n) is 11.4. The van der Waals surface area contributed by atoms with E-state index >= 15 is 0 Å². The lowest BCUT2D eigenvalue weighted by atomic mass is 9.96. The molecule has 0 spiro atoms. The van der Waals surface area contributed by atoms with Crippen molar-refractivity contribution in [2.75, 3.05) is 12.3 Å². The Kier molecular flexibility index (Phi) is 8.17. The Labute approximate surface area is 221 Å². The summed E-state index contributed by atoms with van der Waals surface area (Å²) in [4.78, 5) is 15.8. The number of aliphatic hydroxyl groups excluding tert-OH is 2. The van der Waals surface area contributed by atoms with E-state index in [1.807, 2.05) is 13.8 Å². The largest absolute Gasteiger partial charge is 0.435 e. The molecule has 4 atom stereocenters. The van der Waals surface area contributed by atoms with E-state index in [0.717, 1.165) is 21.9 Å². The maximum atomic E-state index is 14.5. The molecule has 0 saturated carbocycles. The van der Waals surface area contributed by atoms with Crippen LogP contribution < -0.4 is 20.5 Å². The molecule has 0 aliphatic carbocycles. The number of nitrogen functional groups attached to an aromatic ring is 1. The van der Waals surface area contributed by atoms with Gasteiger partial charge in [-0.15, -0.1) is 0 Å². The van der Waals surface area contributed by atoms with Gasteiger partial charge in [-0.3, -0.25) is 9.09 Å². The number of nitrogens with two attached hydrogens (primary N) is 1. The van der Waals surface area contributed by atoms with E-state index in [9.17, 15) is 23.8 Å². The van der Waals surface area contributed by atoms with E-state index in [2.05, 4.69) is 4.98 Å². The summed E-state index contributed by atoms with van der Waals surface area (Å²) in [6, 6.07) is 14.7. The number of aryl methyl sites for hydroxylation is 2. The molecule has 10 nitrogen and oxygen atoms in total. The van der Waals surface area contributed by atoms with E-state index in [1.165, 1.54) is 6.07 Å². The Morgan fingerprint density at radius 2 is 1.61 bits per heavy atom. The maximum Gasteiger partial charge on any atom is 0.435 e. The maximum absolute atomic E-state index is 14.5. The smallest absolute Gasteiger partial charge is 0.416 e. The molecule has 38 heavy (non-hydrogen) atoms. The molecule has 0 radical (unpaired) electrons. The molecule has 0 unspecified atom stereocenters. The van der Waals surface area contributed by atoms with Crippen molar-refractivity contribution < 1.29 is 37.3 Å². The predicted octanol–water partition coefficient (Wildman–Crippen LogP) is 3.10. The van der Waals surface area contributed by atoms with Gasteiger partial charge in [-0.2, -0.15) is 4.98 Å². The lowest BCUT2D eigenvalue weighted by molar-refractivity contribution is -0.192. The Bertz CT molecular complexity index is 1330. The normalized spacial score (nSPS) is 23.5. The van der Waals surface area contributed by atoms with Crippen LogP contribution in [0.4, 0.5) is 14.6 Å². The number of ether oxygens (including phenoxy) is 1. The molecule has 1 aliphatic heterocycles. The third-order valence-corrected chi connectivity index (χ3v) is 7.95. The first kappa shape index (κ1) is 28.1. The summed E-state index contributed by atoms with van der Waals surface area (Å²) in [6.45, 7) is -1.15. The van der Waals surface area contributed by atoms with E-state index in [-0.39, 0.29) is 17.3 Å². The minimum atomic E-state index is -3.85. The van der Waals surface area contributed by atoms with Crippen LogP contribution >= 0.6 is 6.72 Å². The third kappa shape index (κ3) is 5.88. The van der Waals surface area contributed by atoms with Crippen molar-refractivity contribution in [3.05, 3.63) is 82.4 Å². The standard InChI is InChI=1S/C24H26F2N3O7PS/c1-14-3-7-16(8-4-14)35-37(38,36-17-9-5-15(2)6-10-17)33-13-24(22(25)26)20(31)19(30)21(34-24)29-12-11-18(27)28-23(29)32/h3-12,19-22,30-31H,13H2,1-2H3,(H2,27,28,32)/t19-,20-,21+,24+/m0/s1. The molecule has 4 N–H and O–H groups in total. The Balaban J connectivity index is 1.64. The third-order valence-electron chi connectivity index (χ3n) is 5.88. The molecule has 0 bridgehead atoms. The van der Waals surface area contributed by atoms with Gasteiger partial charge in [-0.25, -0.2) is 13.6 Å². The fourth-order valence-electron chi connectivity index (χ4n) is 3.72. The van der Waals surface area contributed by atoms with Crippen LogP contribution in [0.15, 0.2) is 65.6 Å². The SMILES string of the molecule is Cc1ccc(OP(=S)(OC[C@@]2(C(F)F)O[C@@H](n3ccc(N)nc3=O)[C@@H](O)[C@@H]2O)Oc2ccc(C)cc2)cc1. The second-order valence-electron chi connectivity index (χ2n) is 8.77. The van der Waals surface area contributed by atoms with Crippen molar-refractivity contribution in [2.24, 2.45) is 0 Å². The highest BCUT2D eigenvalue weighted by atomic mass is 32.5. The number of hydrogen-bond donors (Lipinski definition) is 3. The van der Waals surface area contributed by atoms with Crippen LogP contribution in [-0.2, 0) is 21.1 Å². The molecule has 1 aromatic heterocycles. The molecule has 0 amide bonds. The van der Waals surface area contributed by atoms with Gasteiger partial charge in [-0.05, 0) is 44.2 Å². The highest BCUT2D eigenvalue weighted by Gasteiger charge is 2.61. The number of benzene rings is 2. The molecular formula is C24H26F2N3O7PS. The van der Waals surface area contributed by atoms with Crippen molar-refractivity contribution >= 4 is 24.3 Å². The summed E-state index contributed by atoms with van der Waals surface area (Å²) >= 11 is 5.55. The molecule has 1 aliphatic rings. The van der Waals surface area contributed by atoms with Gasteiger partial charge in [0.15, 0.2) is 11.8 Å². The number of rotatable bonds is 9. The summed E-state index contributed by atoms with van der Waals surface area (Å²) in [7, 11) is 0. The van der Waals surface area contributed by atoms with Crippen molar-refractivity contribution in [3.8, 4) is 11.5 Å². The van der Waals surface area contributed by atoms with Crippen molar-refractivity contribution in [3.63, 3.8) is 0 Å². The number of nitrogens with zero attached hydrogens (tertiary/aromatic N) is 2. The van der Waals surface area contributed by atoms with E-state index in [1.54, 1.807) is 48.5 Å². The Hall–Kier alpha value is -2.93. The minimum Gasteiger partial charge on any atom is -0.416 e. The molecule has 1 saturated heterocycles. The van der Waals surface area contributed by atoms with Gasteiger partial charge in [0.2, 0.25) is 0 Å². The van der Waals surface area contributed by atoms with Gasteiger partial charge >= 0.3 is 12.4 Å². The monoisotopic (exact) mass is 569 g/mol. The number of aromatic nitrogens is 2. The lowest BCUT2D eigenvalue weighted by Crippen LogP contribution is -2.52. The lowest BCUT2D eigenvalue weighted by Gasteiger charge is -2.33. The average Bonchev–Trinajstić information content (AvgIpc) is 3.12. The fourth-order valence-corrected chi connectivity index (χ4v) is 5.66. The van der Waals surface area contributed by atoms with Crippen LogP contribution in [0.1, 0.15) is 17.4 Å². The summed E-state index contributed by atoms with van der Waals surface area (Å²) in [6.07, 6.45) is -8.10. The molecule has 3 aromatic rings. The van der Waals surface area contributed by atoms with Crippen molar-refractivity contribution in [2.45, 2.75) is 44.3 Å². The first-order valence-corrected chi connectivity index (χ1v) is 13.9. The van der Waals surface area contributed by atoms with Crippen LogP contribution in [-0.4, -0.2) is 50.6 Å². The molecule has 2 heterocycles. The number of aliphatic hydroxyl groups is 2. The minimum absolute atomic E-state index is 0.120. The van der Waals surface area contributed by atoms with Gasteiger partial charge in [0.1, 0.15) is 29.5 Å².